The molecule has 0 bridgehead atoms. The summed E-state index contributed by atoms with van der Waals surface area (Å²) in [5.41, 5.74) is 0.681. The Morgan fingerprint density at radius 1 is 1.25 bits per heavy atom. The van der Waals surface area contributed by atoms with Crippen LogP contribution in [0.3, 0.4) is 0 Å². The molecule has 0 unspecified atom stereocenters. The summed E-state index contributed by atoms with van der Waals surface area (Å²) in [7, 11) is -3.86. The summed E-state index contributed by atoms with van der Waals surface area (Å²) >= 11 is 12.3. The lowest BCUT2D eigenvalue weighted by Gasteiger charge is -2.04. The molecule has 0 radical (unpaired) electrons. The van der Waals surface area contributed by atoms with Gasteiger partial charge in [0.25, 0.3) is 10.0 Å². The van der Waals surface area contributed by atoms with Crippen molar-refractivity contribution in [1.29, 1.82) is 0 Å². The highest BCUT2D eigenvalue weighted by Crippen LogP contribution is 2.25. The zero-order chi connectivity index (χ0) is 14.3. The SMILES string of the molecule is O=S(=O)(Nc1nc(Cl)c2[nH]cnc2n1)c1cnc(Cl)s1. The molecule has 104 valence electrons. The number of thiazole rings is 1. The third-order valence-corrected chi connectivity index (χ3v) is 5.37. The Kier molecular flexibility index (Phi) is 3.24. The van der Waals surface area contributed by atoms with E-state index in [0.717, 1.165) is 17.5 Å². The van der Waals surface area contributed by atoms with Crippen LogP contribution >= 0.6 is 34.5 Å². The molecule has 3 aromatic rings. The van der Waals surface area contributed by atoms with Crippen molar-refractivity contribution >= 4 is 61.7 Å². The lowest BCUT2D eigenvalue weighted by atomic mass is 10.6. The molecule has 0 saturated carbocycles. The fourth-order valence-corrected chi connectivity index (χ4v) is 3.83. The van der Waals surface area contributed by atoms with Gasteiger partial charge in [-0.3, -0.25) is 0 Å². The van der Waals surface area contributed by atoms with E-state index in [9.17, 15) is 8.42 Å². The number of rotatable bonds is 3. The maximum Gasteiger partial charge on any atom is 0.275 e. The molecule has 0 saturated heterocycles. The van der Waals surface area contributed by atoms with Crippen molar-refractivity contribution in [3.05, 3.63) is 22.1 Å². The van der Waals surface area contributed by atoms with Gasteiger partial charge in [-0.1, -0.05) is 34.5 Å². The van der Waals surface area contributed by atoms with E-state index in [1.807, 2.05) is 0 Å². The molecule has 0 fully saturated rings. The van der Waals surface area contributed by atoms with E-state index in [0.29, 0.717) is 5.52 Å². The normalized spacial score (nSPS) is 11.9. The van der Waals surface area contributed by atoms with Crippen molar-refractivity contribution in [2.75, 3.05) is 4.72 Å². The molecule has 3 heterocycles. The van der Waals surface area contributed by atoms with Crippen LogP contribution < -0.4 is 4.72 Å². The Hall–Kier alpha value is -1.49. The van der Waals surface area contributed by atoms with E-state index >= 15 is 0 Å². The molecule has 0 aliphatic carbocycles. The van der Waals surface area contributed by atoms with Crippen molar-refractivity contribution in [2.24, 2.45) is 0 Å². The summed E-state index contributed by atoms with van der Waals surface area (Å²) in [6.07, 6.45) is 2.52. The largest absolute Gasteiger partial charge is 0.341 e. The third-order valence-electron chi connectivity index (χ3n) is 2.19. The third kappa shape index (κ3) is 2.42. The lowest BCUT2D eigenvalue weighted by molar-refractivity contribution is 0.602. The van der Waals surface area contributed by atoms with E-state index in [2.05, 4.69) is 29.6 Å². The maximum atomic E-state index is 12.0. The Morgan fingerprint density at radius 2 is 2.05 bits per heavy atom. The number of sulfonamides is 1. The number of nitrogens with one attached hydrogen (secondary N) is 2. The molecule has 0 atom stereocenters. The molecule has 0 aliphatic heterocycles. The number of nitrogens with zero attached hydrogens (tertiary/aromatic N) is 4. The smallest absolute Gasteiger partial charge is 0.275 e. The first kappa shape index (κ1) is 13.5. The summed E-state index contributed by atoms with van der Waals surface area (Å²) in [5, 5.41) is 0.0625. The first-order valence-corrected chi connectivity index (χ1v) is 8.02. The van der Waals surface area contributed by atoms with Gasteiger partial charge in [0, 0.05) is 0 Å². The van der Waals surface area contributed by atoms with Gasteiger partial charge in [0.05, 0.1) is 12.5 Å². The molecular weight excluding hydrogens is 347 g/mol. The Labute approximate surface area is 126 Å². The summed E-state index contributed by atoms with van der Waals surface area (Å²) in [5.74, 6) is -0.181. The number of anilines is 1. The first-order chi connectivity index (χ1) is 9.45. The van der Waals surface area contributed by atoms with Crippen molar-refractivity contribution < 1.29 is 8.42 Å². The zero-order valence-electron chi connectivity index (χ0n) is 9.33. The zero-order valence-corrected chi connectivity index (χ0v) is 12.5. The van der Waals surface area contributed by atoms with Crippen LogP contribution in [0.5, 0.6) is 0 Å². The Balaban J connectivity index is 2.00. The van der Waals surface area contributed by atoms with Crippen LogP contribution in [0.2, 0.25) is 9.62 Å². The van der Waals surface area contributed by atoms with Crippen LogP contribution in [-0.4, -0.2) is 33.3 Å². The molecule has 2 N–H and O–H groups in total. The summed E-state index contributed by atoms with van der Waals surface area (Å²) < 4.78 is 26.4. The minimum Gasteiger partial charge on any atom is -0.341 e. The number of imidazole rings is 1. The van der Waals surface area contributed by atoms with Gasteiger partial charge in [-0.2, -0.15) is 9.97 Å². The average Bonchev–Trinajstić information content (AvgIpc) is 2.97. The molecule has 12 heteroatoms. The quantitative estimate of drug-likeness (QED) is 0.697. The van der Waals surface area contributed by atoms with Crippen molar-refractivity contribution in [1.82, 2.24) is 24.9 Å². The van der Waals surface area contributed by atoms with E-state index in [4.69, 9.17) is 23.2 Å². The molecule has 0 aromatic carbocycles. The summed E-state index contributed by atoms with van der Waals surface area (Å²) in [6.45, 7) is 0. The van der Waals surface area contributed by atoms with Crippen LogP contribution in [0, 0.1) is 0 Å². The molecule has 0 amide bonds. The topological polar surface area (TPSA) is 114 Å². The molecule has 3 aromatic heterocycles. The maximum absolute atomic E-state index is 12.0. The minimum absolute atomic E-state index is 0.0515. The van der Waals surface area contributed by atoms with E-state index < -0.39 is 10.0 Å². The van der Waals surface area contributed by atoms with Crippen molar-refractivity contribution in [2.45, 2.75) is 4.21 Å². The van der Waals surface area contributed by atoms with E-state index in [1.54, 1.807) is 0 Å². The number of aromatic amines is 1. The number of fused-ring (bicyclic) bond motifs is 1. The van der Waals surface area contributed by atoms with Gasteiger partial charge in [-0.25, -0.2) is 23.1 Å². The standard InChI is InChI=1S/C8H4Cl2N6O2S2/c9-5-4-6(13-2-12-4)15-8(14-5)16-20(17,18)3-1-11-7(10)19-3/h1-2H,(H2,12,13,14,15,16). The number of H-pyrrole nitrogens is 1. The van der Waals surface area contributed by atoms with Crippen LogP contribution in [-0.2, 0) is 10.0 Å². The monoisotopic (exact) mass is 350 g/mol. The van der Waals surface area contributed by atoms with Gasteiger partial charge in [-0.15, -0.1) is 0 Å². The predicted octanol–water partition coefficient (Wildman–Crippen LogP) is 1.92. The summed E-state index contributed by atoms with van der Waals surface area (Å²) in [6, 6.07) is 0. The molecule has 20 heavy (non-hydrogen) atoms. The minimum atomic E-state index is -3.86. The number of hydrogen-bond donors (Lipinski definition) is 2. The van der Waals surface area contributed by atoms with Gasteiger partial charge in [0.15, 0.2) is 19.5 Å². The Bertz CT molecular complexity index is 889. The molecule has 8 nitrogen and oxygen atoms in total. The second kappa shape index (κ2) is 4.81. The second-order valence-electron chi connectivity index (χ2n) is 3.48. The van der Waals surface area contributed by atoms with Gasteiger partial charge in [-0.05, 0) is 0 Å². The van der Waals surface area contributed by atoms with Crippen LogP contribution in [0.1, 0.15) is 0 Å². The van der Waals surface area contributed by atoms with Crippen LogP contribution in [0.25, 0.3) is 11.2 Å². The lowest BCUT2D eigenvalue weighted by Crippen LogP contribution is -2.14. The predicted molar refractivity (Wildman–Crippen MR) is 74.6 cm³/mol. The summed E-state index contributed by atoms with van der Waals surface area (Å²) in [4.78, 5) is 18.1. The Morgan fingerprint density at radius 3 is 2.75 bits per heavy atom. The van der Waals surface area contributed by atoms with Crippen LogP contribution in [0.4, 0.5) is 5.95 Å². The van der Waals surface area contributed by atoms with E-state index in [-0.39, 0.29) is 25.4 Å². The molecule has 0 aliphatic rings. The number of aromatic nitrogens is 5. The van der Waals surface area contributed by atoms with Crippen LogP contribution in [0.15, 0.2) is 16.7 Å². The fourth-order valence-electron chi connectivity index (χ4n) is 1.38. The van der Waals surface area contributed by atoms with Gasteiger partial charge in [0.1, 0.15) is 5.52 Å². The first-order valence-electron chi connectivity index (χ1n) is 4.96. The van der Waals surface area contributed by atoms with Gasteiger partial charge >= 0.3 is 0 Å². The number of halogens is 2. The average molecular weight is 351 g/mol. The molecule has 3 rings (SSSR count). The van der Waals surface area contributed by atoms with E-state index in [1.165, 1.54) is 6.33 Å². The second-order valence-corrected chi connectivity index (χ2v) is 7.36. The highest BCUT2D eigenvalue weighted by atomic mass is 35.5. The van der Waals surface area contributed by atoms with Crippen molar-refractivity contribution in [3.8, 4) is 0 Å². The highest BCUT2D eigenvalue weighted by Gasteiger charge is 2.20. The molecule has 0 spiro atoms. The highest BCUT2D eigenvalue weighted by molar-refractivity contribution is 7.94. The molecular formula is C8H4Cl2N6O2S2. The van der Waals surface area contributed by atoms with Gasteiger partial charge in [0.2, 0.25) is 5.95 Å². The van der Waals surface area contributed by atoms with Gasteiger partial charge < -0.3 is 4.98 Å². The fraction of sp³-hybridized carbons (Fsp3) is 0. The van der Waals surface area contributed by atoms with Crippen molar-refractivity contribution in [3.63, 3.8) is 0 Å². The number of hydrogen-bond acceptors (Lipinski definition) is 7.